The van der Waals surface area contributed by atoms with Crippen molar-refractivity contribution in [2.45, 2.75) is 13.3 Å². The van der Waals surface area contributed by atoms with Crippen LogP contribution in [0.4, 0.5) is 10.8 Å². The molecule has 0 saturated carbocycles. The van der Waals surface area contributed by atoms with Crippen LogP contribution >= 0.6 is 22.7 Å². The lowest BCUT2D eigenvalue weighted by atomic mass is 10.3. The molecule has 0 atom stereocenters. The molecule has 0 bridgehead atoms. The zero-order valence-electron chi connectivity index (χ0n) is 15.5. The number of para-hydroxylation sites is 1. The molecule has 0 unspecified atom stereocenters. The fourth-order valence-electron chi connectivity index (χ4n) is 2.66. The number of rotatable bonds is 6. The van der Waals surface area contributed by atoms with Crippen molar-refractivity contribution in [1.29, 1.82) is 0 Å². The highest BCUT2D eigenvalue weighted by Gasteiger charge is 2.17. The minimum atomic E-state index is -0.248. The van der Waals surface area contributed by atoms with E-state index in [-0.39, 0.29) is 18.2 Å². The molecule has 4 rings (SSSR count). The van der Waals surface area contributed by atoms with E-state index in [1.54, 1.807) is 6.92 Å². The Kier molecular flexibility index (Phi) is 5.50. The van der Waals surface area contributed by atoms with E-state index in [0.29, 0.717) is 27.1 Å². The van der Waals surface area contributed by atoms with Gasteiger partial charge in [-0.15, -0.1) is 11.3 Å². The Hall–Kier alpha value is -3.30. The molecule has 0 aliphatic heterocycles. The van der Waals surface area contributed by atoms with Gasteiger partial charge in [-0.2, -0.15) is 0 Å². The zero-order valence-corrected chi connectivity index (χ0v) is 17.1. The summed E-state index contributed by atoms with van der Waals surface area (Å²) in [7, 11) is 0. The highest BCUT2D eigenvalue weighted by Crippen LogP contribution is 2.24. The third kappa shape index (κ3) is 4.58. The zero-order chi connectivity index (χ0) is 20.2. The van der Waals surface area contributed by atoms with Crippen LogP contribution in [0, 0.1) is 6.92 Å². The molecular formula is C20H17N5O2S2. The fourth-order valence-corrected chi connectivity index (χ4v) is 4.32. The minimum Gasteiger partial charge on any atom is -0.321 e. The van der Waals surface area contributed by atoms with Crippen molar-refractivity contribution in [1.82, 2.24) is 14.5 Å². The van der Waals surface area contributed by atoms with Crippen molar-refractivity contribution in [2.75, 3.05) is 10.6 Å². The van der Waals surface area contributed by atoms with Crippen molar-refractivity contribution in [3.63, 3.8) is 0 Å². The van der Waals surface area contributed by atoms with E-state index in [1.807, 2.05) is 64.8 Å². The van der Waals surface area contributed by atoms with Gasteiger partial charge < -0.3 is 15.2 Å². The molecule has 4 aromatic rings. The van der Waals surface area contributed by atoms with Gasteiger partial charge in [0, 0.05) is 23.5 Å². The molecule has 29 heavy (non-hydrogen) atoms. The van der Waals surface area contributed by atoms with Gasteiger partial charge in [-0.25, -0.2) is 9.97 Å². The summed E-state index contributed by atoms with van der Waals surface area (Å²) in [6.45, 7) is 1.75. The average Bonchev–Trinajstić information content (AvgIpc) is 3.43. The SMILES string of the molecule is Cc1nc(NC(=O)Cc2csc(-n3cccc3)n2)sc1C(=O)Nc1ccccc1. The molecule has 0 aliphatic carbocycles. The van der Waals surface area contributed by atoms with Gasteiger partial charge >= 0.3 is 0 Å². The number of hydrogen-bond acceptors (Lipinski definition) is 6. The Labute approximate surface area is 175 Å². The number of thiazole rings is 2. The number of carbonyl (C=O) groups excluding carboxylic acids is 2. The first-order chi connectivity index (χ1) is 14.1. The maximum absolute atomic E-state index is 12.5. The smallest absolute Gasteiger partial charge is 0.267 e. The van der Waals surface area contributed by atoms with Crippen molar-refractivity contribution in [3.8, 4) is 5.13 Å². The molecule has 7 nitrogen and oxygen atoms in total. The normalized spacial score (nSPS) is 10.7. The maximum atomic E-state index is 12.5. The largest absolute Gasteiger partial charge is 0.321 e. The lowest BCUT2D eigenvalue weighted by molar-refractivity contribution is -0.115. The van der Waals surface area contributed by atoms with Gasteiger partial charge in [0.15, 0.2) is 10.3 Å². The number of anilines is 2. The Morgan fingerprint density at radius 3 is 2.55 bits per heavy atom. The minimum absolute atomic E-state index is 0.141. The first-order valence-electron chi connectivity index (χ1n) is 8.80. The number of aryl methyl sites for hydroxylation is 1. The predicted molar refractivity (Wildman–Crippen MR) is 115 cm³/mol. The Bertz CT molecular complexity index is 1130. The van der Waals surface area contributed by atoms with Crippen LogP contribution in [0.5, 0.6) is 0 Å². The fraction of sp³-hybridized carbons (Fsp3) is 0.100. The molecular weight excluding hydrogens is 406 g/mol. The van der Waals surface area contributed by atoms with E-state index in [1.165, 1.54) is 11.3 Å². The van der Waals surface area contributed by atoms with Gasteiger partial charge in [0.2, 0.25) is 5.91 Å². The lowest BCUT2D eigenvalue weighted by Crippen LogP contribution is -2.14. The molecule has 2 amide bonds. The molecule has 0 aliphatic rings. The maximum Gasteiger partial charge on any atom is 0.267 e. The summed E-state index contributed by atoms with van der Waals surface area (Å²) in [5.74, 6) is -0.472. The third-order valence-electron chi connectivity index (χ3n) is 3.99. The Morgan fingerprint density at radius 1 is 1.03 bits per heavy atom. The molecule has 146 valence electrons. The Morgan fingerprint density at radius 2 is 1.79 bits per heavy atom. The second-order valence-electron chi connectivity index (χ2n) is 6.19. The molecule has 0 saturated heterocycles. The standard InChI is InChI=1S/C20H17N5O2S2/c1-13-17(18(27)22-14-7-3-2-4-8-14)29-19(21-13)24-16(26)11-15-12-28-20(23-15)25-9-5-6-10-25/h2-10,12H,11H2,1H3,(H,22,27)(H,21,24,26). The van der Waals surface area contributed by atoms with Crippen molar-refractivity contribution in [2.24, 2.45) is 0 Å². The van der Waals surface area contributed by atoms with Crippen LogP contribution in [0.15, 0.2) is 60.2 Å². The highest BCUT2D eigenvalue weighted by molar-refractivity contribution is 7.17. The third-order valence-corrected chi connectivity index (χ3v) is 5.96. The number of hydrogen-bond donors (Lipinski definition) is 2. The molecule has 1 aromatic carbocycles. The van der Waals surface area contributed by atoms with Crippen LogP contribution in [0.3, 0.4) is 0 Å². The van der Waals surface area contributed by atoms with Crippen molar-refractivity contribution >= 4 is 45.3 Å². The van der Waals surface area contributed by atoms with E-state index >= 15 is 0 Å². The van der Waals surface area contributed by atoms with Crippen LogP contribution in [-0.2, 0) is 11.2 Å². The molecule has 0 fully saturated rings. The molecule has 0 spiro atoms. The topological polar surface area (TPSA) is 88.9 Å². The molecule has 3 heterocycles. The van der Waals surface area contributed by atoms with E-state index in [4.69, 9.17) is 0 Å². The summed E-state index contributed by atoms with van der Waals surface area (Å²) in [6, 6.07) is 13.0. The summed E-state index contributed by atoms with van der Waals surface area (Å²) in [5, 5.41) is 8.66. The number of carbonyl (C=O) groups is 2. The molecule has 9 heteroatoms. The van der Waals surface area contributed by atoms with E-state index in [2.05, 4.69) is 20.6 Å². The summed E-state index contributed by atoms with van der Waals surface area (Å²) in [6.07, 6.45) is 3.95. The van der Waals surface area contributed by atoms with Gasteiger partial charge in [0.1, 0.15) is 4.88 Å². The van der Waals surface area contributed by atoms with Gasteiger partial charge in [0.05, 0.1) is 17.8 Å². The monoisotopic (exact) mass is 423 g/mol. The highest BCUT2D eigenvalue weighted by atomic mass is 32.1. The summed E-state index contributed by atoms with van der Waals surface area (Å²) < 4.78 is 1.90. The molecule has 2 N–H and O–H groups in total. The second kappa shape index (κ2) is 8.38. The lowest BCUT2D eigenvalue weighted by Gasteiger charge is -2.02. The molecule has 3 aromatic heterocycles. The van der Waals surface area contributed by atoms with Crippen LogP contribution < -0.4 is 10.6 Å². The number of nitrogens with zero attached hydrogens (tertiary/aromatic N) is 3. The van der Waals surface area contributed by atoms with Crippen molar-refractivity contribution in [3.05, 3.63) is 76.5 Å². The second-order valence-corrected chi connectivity index (χ2v) is 8.03. The van der Waals surface area contributed by atoms with Gasteiger partial charge in [0.25, 0.3) is 5.91 Å². The quantitative estimate of drug-likeness (QED) is 0.488. The summed E-state index contributed by atoms with van der Waals surface area (Å²) in [5.41, 5.74) is 1.96. The number of nitrogens with one attached hydrogen (secondary N) is 2. The van der Waals surface area contributed by atoms with Crippen molar-refractivity contribution < 1.29 is 9.59 Å². The van der Waals surface area contributed by atoms with E-state index in [9.17, 15) is 9.59 Å². The van der Waals surface area contributed by atoms with Crippen LogP contribution in [0.1, 0.15) is 21.1 Å². The van der Waals surface area contributed by atoms with Gasteiger partial charge in [-0.3, -0.25) is 9.59 Å². The van der Waals surface area contributed by atoms with Gasteiger partial charge in [-0.1, -0.05) is 29.5 Å². The van der Waals surface area contributed by atoms with Crippen LogP contribution in [0.25, 0.3) is 5.13 Å². The van der Waals surface area contributed by atoms with E-state index < -0.39 is 0 Å². The summed E-state index contributed by atoms with van der Waals surface area (Å²) >= 11 is 2.62. The average molecular weight is 424 g/mol. The van der Waals surface area contributed by atoms with Crippen LogP contribution in [-0.4, -0.2) is 26.3 Å². The van der Waals surface area contributed by atoms with E-state index in [0.717, 1.165) is 16.5 Å². The predicted octanol–water partition coefficient (Wildman–Crippen LogP) is 4.13. The molecule has 0 radical (unpaired) electrons. The van der Waals surface area contributed by atoms with Gasteiger partial charge in [-0.05, 0) is 31.2 Å². The Balaban J connectivity index is 1.39. The van der Waals surface area contributed by atoms with Crippen LogP contribution in [0.2, 0.25) is 0 Å². The number of amides is 2. The summed E-state index contributed by atoms with van der Waals surface area (Å²) in [4.78, 5) is 34.1. The first-order valence-corrected chi connectivity index (χ1v) is 10.5. The first kappa shape index (κ1) is 19.0. The number of aromatic nitrogens is 3. The number of benzene rings is 1.